The van der Waals surface area contributed by atoms with Gasteiger partial charge in [-0.25, -0.2) is 0 Å². The monoisotopic (exact) mass is 72.0 g/mol. The summed E-state index contributed by atoms with van der Waals surface area (Å²) < 4.78 is 0. The lowest BCUT2D eigenvalue weighted by molar-refractivity contribution is 0.913. The van der Waals surface area contributed by atoms with Crippen molar-refractivity contribution in [2.45, 2.75) is 13.0 Å². The van der Waals surface area contributed by atoms with Crippen LogP contribution in [0.2, 0.25) is 0 Å². The van der Waals surface area contributed by atoms with E-state index < -0.39 is 0 Å². The molecule has 0 aliphatic carbocycles. The molecule has 1 atom stereocenters. The smallest absolute Gasteiger partial charge is 0.0892 e. The molecule has 0 bridgehead atoms. The van der Waals surface area contributed by atoms with Crippen LogP contribution in [0.4, 0.5) is 0 Å². The summed E-state index contributed by atoms with van der Waals surface area (Å²) in [6, 6.07) is -0.296. The lowest BCUT2D eigenvalue weighted by Crippen LogP contribution is -1.82. The van der Waals surface area contributed by atoms with E-state index >= 15 is 0 Å². The van der Waals surface area contributed by atoms with Gasteiger partial charge in [0.25, 0.3) is 0 Å². The number of rotatable bonds is 1. The van der Waals surface area contributed by atoms with E-state index in [2.05, 4.69) is 12.1 Å². The van der Waals surface area contributed by atoms with Crippen LogP contribution < -0.4 is 0 Å². The van der Waals surface area contributed by atoms with Crippen LogP contribution in [0.25, 0.3) is 0 Å². The molecule has 0 saturated heterocycles. The third kappa shape index (κ3) is 3.60. The van der Waals surface area contributed by atoms with E-state index in [0.29, 0.717) is 0 Å². The van der Waals surface area contributed by atoms with Crippen LogP contribution in [-0.4, -0.2) is 6.04 Å². The lowest BCUT2D eigenvalue weighted by Gasteiger charge is -1.77. The molecule has 2 heteroatoms. The maximum Gasteiger partial charge on any atom is 0.0892 e. The van der Waals surface area contributed by atoms with Crippen molar-refractivity contribution in [1.29, 1.82) is 0 Å². The molecule has 0 aromatic heterocycles. The Morgan fingerprint density at radius 1 is 2.00 bits per heavy atom. The van der Waals surface area contributed by atoms with Crippen molar-refractivity contribution >= 4 is 0 Å². The van der Waals surface area contributed by atoms with E-state index in [1.807, 2.05) is 0 Å². The lowest BCUT2D eigenvalue weighted by atomic mass is 10.4. The fourth-order valence-electron chi connectivity index (χ4n) is 0. The number of nitroso groups, excluding NO2 is 1. The highest BCUT2D eigenvalue weighted by molar-refractivity contribution is 4.56. The summed E-state index contributed by atoms with van der Waals surface area (Å²) in [6.07, 6.45) is 0. The highest BCUT2D eigenvalue weighted by Gasteiger charge is 1.80. The first-order valence-corrected chi connectivity index (χ1v) is 1.43. The molecule has 2 nitrogen and oxygen atoms in total. The fraction of sp³-hybridized carbons (Fsp3) is 0.667. The Kier molecular flexibility index (Phi) is 1.73. The molecule has 0 N–H and O–H groups in total. The summed E-state index contributed by atoms with van der Waals surface area (Å²) in [6.45, 7) is 4.91. The minimum Gasteiger partial charge on any atom is -0.151 e. The second-order valence-corrected chi connectivity index (χ2v) is 0.954. The molecule has 1 unspecified atom stereocenters. The van der Waals surface area contributed by atoms with Crippen molar-refractivity contribution < 1.29 is 0 Å². The van der Waals surface area contributed by atoms with Gasteiger partial charge in [-0.05, 0) is 13.8 Å². The molecule has 0 aromatic carbocycles. The second-order valence-electron chi connectivity index (χ2n) is 0.954. The van der Waals surface area contributed by atoms with Crippen LogP contribution in [-0.2, 0) is 0 Å². The van der Waals surface area contributed by atoms with Crippen LogP contribution in [0.1, 0.15) is 6.92 Å². The van der Waals surface area contributed by atoms with E-state index in [1.54, 1.807) is 6.92 Å². The van der Waals surface area contributed by atoms with Gasteiger partial charge in [-0.3, -0.25) is 0 Å². The van der Waals surface area contributed by atoms with Crippen molar-refractivity contribution in [2.75, 3.05) is 0 Å². The molecule has 29 valence electrons. The maximum atomic E-state index is 9.19. The normalized spacial score (nSPS) is 8.60. The van der Waals surface area contributed by atoms with Gasteiger partial charge in [-0.2, -0.15) is 4.91 Å². The molecule has 0 saturated carbocycles. The third-order valence-electron chi connectivity index (χ3n) is 0.180. The first kappa shape index (κ1) is 4.60. The summed E-state index contributed by atoms with van der Waals surface area (Å²) in [5.74, 6) is 0. The van der Waals surface area contributed by atoms with Crippen LogP contribution in [0.3, 0.4) is 0 Å². The molecule has 0 fully saturated rings. The standard InChI is InChI=1S/C3H6NO/c1-3(2)4-5/h3H,1H2,2H3. The van der Waals surface area contributed by atoms with Crippen molar-refractivity contribution in [2.24, 2.45) is 5.18 Å². The SMILES string of the molecule is [CH2]C(C)N=O. The largest absolute Gasteiger partial charge is 0.151 e. The Labute approximate surface area is 31.2 Å². The highest BCUT2D eigenvalue weighted by atomic mass is 16.3. The molecule has 0 spiro atoms. The van der Waals surface area contributed by atoms with Crippen molar-refractivity contribution in [1.82, 2.24) is 0 Å². The van der Waals surface area contributed by atoms with Gasteiger partial charge in [-0.1, -0.05) is 5.18 Å². The molecular formula is C3H6NO. The van der Waals surface area contributed by atoms with Crippen molar-refractivity contribution in [3.05, 3.63) is 11.8 Å². The Hall–Kier alpha value is -0.400. The van der Waals surface area contributed by atoms with Gasteiger partial charge < -0.3 is 0 Å². The first-order chi connectivity index (χ1) is 2.27. The van der Waals surface area contributed by atoms with E-state index in [-0.39, 0.29) is 6.04 Å². The van der Waals surface area contributed by atoms with Crippen LogP contribution >= 0.6 is 0 Å². The second kappa shape index (κ2) is 1.88. The maximum absolute atomic E-state index is 9.19. The van der Waals surface area contributed by atoms with Gasteiger partial charge >= 0.3 is 0 Å². The zero-order valence-corrected chi connectivity index (χ0v) is 3.14. The van der Waals surface area contributed by atoms with Gasteiger partial charge in [0.15, 0.2) is 0 Å². The quantitative estimate of drug-likeness (QED) is 0.424. The molecule has 0 aliphatic rings. The van der Waals surface area contributed by atoms with Crippen LogP contribution in [0.5, 0.6) is 0 Å². The zero-order chi connectivity index (χ0) is 4.28. The zero-order valence-electron chi connectivity index (χ0n) is 3.14. The number of nitrogens with zero attached hydrogens (tertiary/aromatic N) is 1. The average Bonchev–Trinajstić information content (AvgIpc) is 1.38. The molecular weight excluding hydrogens is 66.0 g/mol. The highest BCUT2D eigenvalue weighted by Crippen LogP contribution is 1.77. The van der Waals surface area contributed by atoms with Gasteiger partial charge in [-0.15, -0.1) is 0 Å². The average molecular weight is 72.1 g/mol. The van der Waals surface area contributed by atoms with E-state index in [1.165, 1.54) is 0 Å². The number of hydrogen-bond acceptors (Lipinski definition) is 2. The van der Waals surface area contributed by atoms with Crippen molar-refractivity contribution in [3.63, 3.8) is 0 Å². The van der Waals surface area contributed by atoms with E-state index in [9.17, 15) is 4.91 Å². The predicted octanol–water partition coefficient (Wildman–Crippen LogP) is 0.975. The Balaban J connectivity index is 2.83. The Morgan fingerprint density at radius 3 is 2.20 bits per heavy atom. The molecule has 0 rings (SSSR count). The van der Waals surface area contributed by atoms with Crippen LogP contribution in [0.15, 0.2) is 5.18 Å². The summed E-state index contributed by atoms with van der Waals surface area (Å²) >= 11 is 0. The molecule has 5 heavy (non-hydrogen) atoms. The van der Waals surface area contributed by atoms with Gasteiger partial charge in [0.1, 0.15) is 0 Å². The van der Waals surface area contributed by atoms with Gasteiger partial charge in [0, 0.05) is 0 Å². The Bertz CT molecular complexity index is 33.9. The summed E-state index contributed by atoms with van der Waals surface area (Å²) in [7, 11) is 0. The van der Waals surface area contributed by atoms with Gasteiger partial charge in [0.05, 0.1) is 6.04 Å². The minimum absolute atomic E-state index is 0.296. The number of hydrogen-bond donors (Lipinski definition) is 0. The summed E-state index contributed by atoms with van der Waals surface area (Å²) in [4.78, 5) is 9.19. The topological polar surface area (TPSA) is 29.4 Å². The summed E-state index contributed by atoms with van der Waals surface area (Å²) in [5.41, 5.74) is 0. The third-order valence-corrected chi connectivity index (χ3v) is 0.180. The van der Waals surface area contributed by atoms with Gasteiger partial charge in [0.2, 0.25) is 0 Å². The van der Waals surface area contributed by atoms with Crippen LogP contribution in [0, 0.1) is 11.8 Å². The van der Waals surface area contributed by atoms with Crippen molar-refractivity contribution in [3.8, 4) is 0 Å². The predicted molar refractivity (Wildman–Crippen MR) is 20.6 cm³/mol. The molecule has 0 heterocycles. The van der Waals surface area contributed by atoms with E-state index in [0.717, 1.165) is 0 Å². The summed E-state index contributed by atoms with van der Waals surface area (Å²) in [5, 5.41) is 2.53. The molecule has 0 aromatic rings. The first-order valence-electron chi connectivity index (χ1n) is 1.43. The molecule has 0 amide bonds. The molecule has 0 aliphatic heterocycles. The fourth-order valence-corrected chi connectivity index (χ4v) is 0. The minimum atomic E-state index is -0.296. The van der Waals surface area contributed by atoms with E-state index in [4.69, 9.17) is 0 Å². The molecule has 1 radical (unpaired) electrons. The Morgan fingerprint density at radius 2 is 2.20 bits per heavy atom.